The number of fused-ring (bicyclic) bond motifs is 1. The Morgan fingerprint density at radius 3 is 2.51 bits per heavy atom. The first-order valence-corrected chi connectivity index (χ1v) is 11.0. The maximum absolute atomic E-state index is 13.4. The quantitative estimate of drug-likeness (QED) is 0.253. The summed E-state index contributed by atoms with van der Waals surface area (Å²) in [7, 11) is 2.96. The smallest absolute Gasteiger partial charge is 0.302 e. The van der Waals surface area contributed by atoms with Gasteiger partial charge in [-0.1, -0.05) is 42.0 Å². The molecule has 2 heterocycles. The monoisotopic (exact) mass is 469 g/mol. The Kier molecular flexibility index (Phi) is 5.49. The predicted octanol–water partition coefficient (Wildman–Crippen LogP) is 4.51. The second kappa shape index (κ2) is 8.64. The number of nitrogens with one attached hydrogen (secondary N) is 1. The van der Waals surface area contributed by atoms with Gasteiger partial charge >= 0.3 is 5.91 Å². The van der Waals surface area contributed by atoms with Crippen LogP contribution in [-0.4, -0.2) is 41.0 Å². The Bertz CT molecular complexity index is 1470. The molecule has 1 saturated heterocycles. The third kappa shape index (κ3) is 3.69. The van der Waals surface area contributed by atoms with Gasteiger partial charge in [0.25, 0.3) is 5.78 Å². The average Bonchev–Trinajstić information content (AvgIpc) is 3.41. The third-order valence-corrected chi connectivity index (χ3v) is 6.07. The molecule has 8 heteroatoms. The zero-order valence-corrected chi connectivity index (χ0v) is 19.4. The van der Waals surface area contributed by atoms with Crippen LogP contribution >= 0.6 is 0 Å². The van der Waals surface area contributed by atoms with Crippen LogP contribution in [0.25, 0.3) is 16.8 Å². The number of ketones is 1. The Balaban J connectivity index is 1.77. The number of imidazole rings is 1. The van der Waals surface area contributed by atoms with E-state index in [4.69, 9.17) is 9.47 Å². The molecule has 5 rings (SSSR count). The Hall–Kier alpha value is -4.59. The molecule has 1 aliphatic rings. The van der Waals surface area contributed by atoms with Crippen molar-refractivity contribution in [1.29, 1.82) is 0 Å². The van der Waals surface area contributed by atoms with Gasteiger partial charge in [0.15, 0.2) is 0 Å². The molecule has 4 aromatic rings. The predicted molar refractivity (Wildman–Crippen MR) is 132 cm³/mol. The van der Waals surface area contributed by atoms with Crippen molar-refractivity contribution in [2.24, 2.45) is 0 Å². The number of aromatic nitrogens is 2. The molecule has 0 spiro atoms. The summed E-state index contributed by atoms with van der Waals surface area (Å²) < 4.78 is 10.7. The number of Topliss-reactive ketones (excluding diaryl/α,β-unsaturated/α-hetero) is 1. The van der Waals surface area contributed by atoms with E-state index in [-0.39, 0.29) is 22.8 Å². The molecule has 1 aliphatic heterocycles. The number of aliphatic hydroxyl groups excluding tert-OH is 1. The highest BCUT2D eigenvalue weighted by Crippen LogP contribution is 2.43. The topological polar surface area (TPSA) is 105 Å². The second-order valence-corrected chi connectivity index (χ2v) is 8.23. The number of rotatable bonds is 5. The molecule has 0 bridgehead atoms. The number of aromatic amines is 1. The maximum Gasteiger partial charge on any atom is 0.302 e. The van der Waals surface area contributed by atoms with E-state index >= 15 is 0 Å². The van der Waals surface area contributed by atoms with Crippen molar-refractivity contribution in [3.05, 3.63) is 89.0 Å². The summed E-state index contributed by atoms with van der Waals surface area (Å²) in [5.41, 5.74) is 3.16. The third-order valence-electron chi connectivity index (χ3n) is 6.07. The molecule has 2 N–H and O–H groups in total. The fraction of sp³-hybridized carbons (Fsp3) is 0.148. The Morgan fingerprint density at radius 1 is 1.00 bits per heavy atom. The minimum atomic E-state index is -0.911. The molecule has 176 valence electrons. The van der Waals surface area contributed by atoms with Crippen molar-refractivity contribution in [2.45, 2.75) is 13.0 Å². The van der Waals surface area contributed by atoms with E-state index in [1.54, 1.807) is 18.2 Å². The zero-order chi connectivity index (χ0) is 24.7. The van der Waals surface area contributed by atoms with Crippen LogP contribution in [0.4, 0.5) is 5.95 Å². The number of carbonyl (C=O) groups is 2. The summed E-state index contributed by atoms with van der Waals surface area (Å²) in [5, 5.41) is 11.5. The molecule has 3 aromatic carbocycles. The average molecular weight is 469 g/mol. The van der Waals surface area contributed by atoms with E-state index in [0.29, 0.717) is 22.6 Å². The number of carbonyl (C=O) groups excluding carboxylic acids is 2. The number of methoxy groups -OCH3 is 2. The molecule has 1 amide bonds. The summed E-state index contributed by atoms with van der Waals surface area (Å²) >= 11 is 0. The zero-order valence-electron chi connectivity index (χ0n) is 19.4. The van der Waals surface area contributed by atoms with Crippen LogP contribution in [0, 0.1) is 6.92 Å². The first-order valence-electron chi connectivity index (χ1n) is 11.0. The molecular formula is C27H23N3O5. The lowest BCUT2D eigenvalue weighted by atomic mass is 9.94. The largest absolute Gasteiger partial charge is 0.507 e. The number of para-hydroxylation sites is 2. The SMILES string of the molecule is COc1ccc(OC)c(/C(O)=C2\C(=O)C(=O)N(c3nc4ccccc4[nH]3)C2c2cccc(C)c2)c1. The van der Waals surface area contributed by atoms with Gasteiger partial charge in [-0.2, -0.15) is 0 Å². The number of aryl methyl sites for hydroxylation is 1. The van der Waals surface area contributed by atoms with E-state index in [9.17, 15) is 14.7 Å². The minimum Gasteiger partial charge on any atom is -0.507 e. The molecule has 1 unspecified atom stereocenters. The van der Waals surface area contributed by atoms with Gasteiger partial charge in [0.05, 0.1) is 42.4 Å². The fourth-order valence-corrected chi connectivity index (χ4v) is 4.40. The van der Waals surface area contributed by atoms with Gasteiger partial charge < -0.3 is 19.6 Å². The molecule has 0 aliphatic carbocycles. The molecule has 8 nitrogen and oxygen atoms in total. The summed E-state index contributed by atoms with van der Waals surface area (Å²) in [6, 6.07) is 18.8. The van der Waals surface area contributed by atoms with E-state index < -0.39 is 17.7 Å². The van der Waals surface area contributed by atoms with E-state index in [1.165, 1.54) is 19.1 Å². The summed E-state index contributed by atoms with van der Waals surface area (Å²) in [5.74, 6) is -0.953. The van der Waals surface area contributed by atoms with Crippen LogP contribution in [0.2, 0.25) is 0 Å². The lowest BCUT2D eigenvalue weighted by Gasteiger charge is -2.23. The number of aliphatic hydroxyl groups is 1. The fourth-order valence-electron chi connectivity index (χ4n) is 4.40. The number of amides is 1. The number of H-pyrrole nitrogens is 1. The first-order chi connectivity index (χ1) is 16.9. The first kappa shape index (κ1) is 22.2. The van der Waals surface area contributed by atoms with Gasteiger partial charge in [-0.15, -0.1) is 0 Å². The highest BCUT2D eigenvalue weighted by atomic mass is 16.5. The molecule has 1 aromatic heterocycles. The summed E-state index contributed by atoms with van der Waals surface area (Å²) in [4.78, 5) is 35.8. The number of hydrogen-bond acceptors (Lipinski definition) is 6. The van der Waals surface area contributed by atoms with Gasteiger partial charge in [0.2, 0.25) is 5.95 Å². The van der Waals surface area contributed by atoms with Gasteiger partial charge in [-0.3, -0.25) is 14.5 Å². The van der Waals surface area contributed by atoms with Crippen molar-refractivity contribution in [3.63, 3.8) is 0 Å². The molecule has 0 saturated carbocycles. The van der Waals surface area contributed by atoms with Crippen LogP contribution in [0.15, 0.2) is 72.3 Å². The van der Waals surface area contributed by atoms with Crippen LogP contribution in [0.5, 0.6) is 11.5 Å². The molecule has 35 heavy (non-hydrogen) atoms. The van der Waals surface area contributed by atoms with Crippen LogP contribution in [-0.2, 0) is 9.59 Å². The second-order valence-electron chi connectivity index (χ2n) is 8.23. The molecule has 0 radical (unpaired) electrons. The van der Waals surface area contributed by atoms with E-state index in [2.05, 4.69) is 9.97 Å². The van der Waals surface area contributed by atoms with Gasteiger partial charge in [0, 0.05) is 0 Å². The molecular weight excluding hydrogens is 446 g/mol. The summed E-state index contributed by atoms with van der Waals surface area (Å²) in [6.45, 7) is 1.92. The van der Waals surface area contributed by atoms with Crippen LogP contribution < -0.4 is 14.4 Å². The standard InChI is InChI=1S/C27H23N3O5/c1-15-7-6-8-16(13-15)23-22(24(31)18-14-17(34-2)11-12-21(18)35-3)25(32)26(33)30(23)27-28-19-9-4-5-10-20(19)29-27/h4-14,23,31H,1-3H3,(H,28,29)/b24-22+. The van der Waals surface area contributed by atoms with Crippen molar-refractivity contribution in [3.8, 4) is 11.5 Å². The lowest BCUT2D eigenvalue weighted by Crippen LogP contribution is -2.30. The van der Waals surface area contributed by atoms with Crippen molar-refractivity contribution < 1.29 is 24.2 Å². The van der Waals surface area contributed by atoms with Crippen LogP contribution in [0.1, 0.15) is 22.7 Å². The van der Waals surface area contributed by atoms with Crippen molar-refractivity contribution >= 4 is 34.4 Å². The number of nitrogens with zero attached hydrogens (tertiary/aromatic N) is 2. The maximum atomic E-state index is 13.4. The van der Waals surface area contributed by atoms with Gasteiger partial charge in [-0.25, -0.2) is 4.98 Å². The highest BCUT2D eigenvalue weighted by molar-refractivity contribution is 6.51. The number of ether oxygens (including phenoxy) is 2. The summed E-state index contributed by atoms with van der Waals surface area (Å²) in [6.07, 6.45) is 0. The van der Waals surface area contributed by atoms with Crippen molar-refractivity contribution in [2.75, 3.05) is 19.1 Å². The van der Waals surface area contributed by atoms with Crippen LogP contribution in [0.3, 0.4) is 0 Å². The highest BCUT2D eigenvalue weighted by Gasteiger charge is 2.48. The Labute approximate surface area is 201 Å². The minimum absolute atomic E-state index is 0.0624. The van der Waals surface area contributed by atoms with Crippen molar-refractivity contribution in [1.82, 2.24) is 9.97 Å². The van der Waals surface area contributed by atoms with E-state index in [1.807, 2.05) is 55.5 Å². The Morgan fingerprint density at radius 2 is 1.80 bits per heavy atom. The lowest BCUT2D eigenvalue weighted by molar-refractivity contribution is -0.132. The van der Waals surface area contributed by atoms with Gasteiger partial charge in [-0.05, 0) is 42.8 Å². The number of hydrogen-bond donors (Lipinski definition) is 2. The number of anilines is 1. The van der Waals surface area contributed by atoms with E-state index in [0.717, 1.165) is 11.1 Å². The van der Waals surface area contributed by atoms with Gasteiger partial charge in [0.1, 0.15) is 17.3 Å². The molecule has 1 fully saturated rings. The molecule has 1 atom stereocenters. The normalized spacial score (nSPS) is 17.2. The number of benzene rings is 3.